The second-order valence-electron chi connectivity index (χ2n) is 6.46. The molecule has 1 aliphatic rings. The van der Waals surface area contributed by atoms with Gasteiger partial charge in [0.15, 0.2) is 0 Å². The van der Waals surface area contributed by atoms with Crippen molar-refractivity contribution in [3.05, 3.63) is 57.6 Å². The van der Waals surface area contributed by atoms with Gasteiger partial charge >= 0.3 is 0 Å². The summed E-state index contributed by atoms with van der Waals surface area (Å²) in [7, 11) is 0. The zero-order valence-electron chi connectivity index (χ0n) is 14.7. The first-order chi connectivity index (χ1) is 12.5. The van der Waals surface area contributed by atoms with Crippen molar-refractivity contribution < 1.29 is 9.53 Å². The minimum Gasteiger partial charge on any atom is -0.491 e. The lowest BCUT2D eigenvalue weighted by Gasteiger charge is -2.20. The second-order valence-corrected chi connectivity index (χ2v) is 6.87. The highest BCUT2D eigenvalue weighted by Gasteiger charge is 2.17. The van der Waals surface area contributed by atoms with E-state index in [4.69, 9.17) is 16.3 Å². The molecule has 2 aromatic rings. The number of nitriles is 1. The first-order valence-electron chi connectivity index (χ1n) is 8.52. The van der Waals surface area contributed by atoms with Gasteiger partial charge in [-0.15, -0.1) is 0 Å². The number of rotatable bonds is 4. The van der Waals surface area contributed by atoms with Crippen LogP contribution in [0.25, 0.3) is 0 Å². The van der Waals surface area contributed by atoms with Gasteiger partial charge in [-0.1, -0.05) is 11.6 Å². The molecule has 0 unspecified atom stereocenters. The molecule has 1 heterocycles. The highest BCUT2D eigenvalue weighted by Crippen LogP contribution is 2.28. The van der Waals surface area contributed by atoms with Gasteiger partial charge in [0.1, 0.15) is 11.8 Å². The molecule has 0 bridgehead atoms. The van der Waals surface area contributed by atoms with E-state index in [9.17, 15) is 10.1 Å². The smallest absolute Gasteiger partial charge is 0.257 e. The molecule has 0 fully saturated rings. The third-order valence-electron chi connectivity index (χ3n) is 4.14. The van der Waals surface area contributed by atoms with Gasteiger partial charge in [0, 0.05) is 17.3 Å². The van der Waals surface area contributed by atoms with Gasteiger partial charge in [0.2, 0.25) is 0 Å². The molecule has 26 heavy (non-hydrogen) atoms. The lowest BCUT2D eigenvalue weighted by atomic mass is 10.00. The van der Waals surface area contributed by atoms with Gasteiger partial charge in [-0.2, -0.15) is 5.26 Å². The average molecular weight is 370 g/mol. The molecule has 0 atom stereocenters. The van der Waals surface area contributed by atoms with E-state index in [-0.39, 0.29) is 17.6 Å². The van der Waals surface area contributed by atoms with E-state index in [0.29, 0.717) is 22.0 Å². The molecule has 5 nitrogen and oxygen atoms in total. The fourth-order valence-electron chi connectivity index (χ4n) is 3.00. The minimum absolute atomic E-state index is 0.00698. The predicted molar refractivity (Wildman–Crippen MR) is 102 cm³/mol. The predicted octanol–water partition coefficient (Wildman–Crippen LogP) is 3.90. The molecule has 0 spiro atoms. The molecule has 2 N–H and O–H groups in total. The highest BCUT2D eigenvalue weighted by molar-refractivity contribution is 6.32. The second kappa shape index (κ2) is 7.77. The summed E-state index contributed by atoms with van der Waals surface area (Å²) in [6, 6.07) is 10.6. The molecule has 2 aromatic carbocycles. The van der Waals surface area contributed by atoms with Crippen LogP contribution in [0.4, 0.5) is 5.69 Å². The molecule has 1 aliphatic heterocycles. The van der Waals surface area contributed by atoms with E-state index in [1.165, 1.54) is 0 Å². The molecular formula is C20H20ClN3O2. The number of nitrogens with zero attached hydrogens (tertiary/aromatic N) is 1. The Labute approximate surface area is 157 Å². The third-order valence-corrected chi connectivity index (χ3v) is 4.48. The molecule has 3 rings (SSSR count). The number of carbonyl (C=O) groups excluding carboxylic acids is 1. The van der Waals surface area contributed by atoms with Gasteiger partial charge in [0.25, 0.3) is 5.91 Å². The Morgan fingerprint density at radius 2 is 2.15 bits per heavy atom. The Morgan fingerprint density at radius 1 is 1.35 bits per heavy atom. The van der Waals surface area contributed by atoms with Crippen molar-refractivity contribution in [3.8, 4) is 11.8 Å². The summed E-state index contributed by atoms with van der Waals surface area (Å²) in [5.74, 6) is 0.216. The molecule has 0 aromatic heterocycles. The van der Waals surface area contributed by atoms with Gasteiger partial charge in [-0.25, -0.2) is 0 Å². The number of carbonyl (C=O) groups is 1. The summed E-state index contributed by atoms with van der Waals surface area (Å²) in [5.41, 5.74) is 3.40. The number of amides is 1. The quantitative estimate of drug-likeness (QED) is 0.857. The van der Waals surface area contributed by atoms with Gasteiger partial charge < -0.3 is 15.4 Å². The van der Waals surface area contributed by atoms with Crippen molar-refractivity contribution in [2.75, 3.05) is 11.9 Å². The van der Waals surface area contributed by atoms with Gasteiger partial charge in [-0.3, -0.25) is 4.79 Å². The van der Waals surface area contributed by atoms with Crippen molar-refractivity contribution in [3.63, 3.8) is 0 Å². The first-order valence-corrected chi connectivity index (χ1v) is 8.90. The average Bonchev–Trinajstić information content (AvgIpc) is 2.61. The van der Waals surface area contributed by atoms with E-state index < -0.39 is 0 Å². The zero-order valence-corrected chi connectivity index (χ0v) is 15.5. The van der Waals surface area contributed by atoms with Crippen molar-refractivity contribution in [2.24, 2.45) is 0 Å². The fraction of sp³-hybridized carbons (Fsp3) is 0.300. The summed E-state index contributed by atoms with van der Waals surface area (Å²) in [4.78, 5) is 12.6. The van der Waals surface area contributed by atoms with Crippen molar-refractivity contribution in [2.45, 2.75) is 32.9 Å². The third kappa shape index (κ3) is 3.98. The Balaban J connectivity index is 1.84. The lowest BCUT2D eigenvalue weighted by Crippen LogP contribution is -2.24. The fourth-order valence-corrected chi connectivity index (χ4v) is 3.33. The van der Waals surface area contributed by atoms with Crippen LogP contribution in [0.1, 0.15) is 40.9 Å². The maximum absolute atomic E-state index is 12.6. The van der Waals surface area contributed by atoms with E-state index in [0.717, 1.165) is 30.6 Å². The summed E-state index contributed by atoms with van der Waals surface area (Å²) in [5, 5.41) is 16.2. The van der Waals surface area contributed by atoms with Crippen LogP contribution in [0.15, 0.2) is 30.3 Å². The Bertz CT molecular complexity index is 887. The molecule has 0 radical (unpaired) electrons. The normalized spacial score (nSPS) is 13.0. The van der Waals surface area contributed by atoms with Crippen molar-refractivity contribution in [1.29, 1.82) is 5.26 Å². The number of fused-ring (bicyclic) bond motifs is 1. The standard InChI is InChI=1S/C20H20ClN3O2/c1-12(2)26-16-3-4-18(13(8-16)10-22)20(25)24-15-7-14-11-23-6-5-17(14)19(21)9-15/h3-4,7-9,12,23H,5-6,11H2,1-2H3,(H,24,25). The lowest BCUT2D eigenvalue weighted by molar-refractivity contribution is 0.102. The molecule has 6 heteroatoms. The number of hydrogen-bond acceptors (Lipinski definition) is 4. The number of halogens is 1. The number of nitrogens with one attached hydrogen (secondary N) is 2. The molecule has 134 valence electrons. The van der Waals surface area contributed by atoms with E-state index >= 15 is 0 Å². The Morgan fingerprint density at radius 3 is 2.88 bits per heavy atom. The van der Waals surface area contributed by atoms with Crippen LogP contribution >= 0.6 is 11.6 Å². The maximum Gasteiger partial charge on any atom is 0.257 e. The van der Waals surface area contributed by atoms with Crippen LogP contribution in [0, 0.1) is 11.3 Å². The maximum atomic E-state index is 12.6. The molecule has 1 amide bonds. The highest BCUT2D eigenvalue weighted by atomic mass is 35.5. The van der Waals surface area contributed by atoms with E-state index in [1.807, 2.05) is 19.9 Å². The molecule has 0 aliphatic carbocycles. The summed E-state index contributed by atoms with van der Waals surface area (Å²) in [6.45, 7) is 5.43. The van der Waals surface area contributed by atoms with Crippen LogP contribution in [-0.2, 0) is 13.0 Å². The topological polar surface area (TPSA) is 74.2 Å². The van der Waals surface area contributed by atoms with Crippen LogP contribution in [0.2, 0.25) is 5.02 Å². The number of hydrogen-bond donors (Lipinski definition) is 2. The van der Waals surface area contributed by atoms with E-state index in [2.05, 4.69) is 16.7 Å². The van der Waals surface area contributed by atoms with Crippen LogP contribution in [-0.4, -0.2) is 18.6 Å². The molecule has 0 saturated carbocycles. The van der Waals surface area contributed by atoms with Crippen LogP contribution in [0.3, 0.4) is 0 Å². The zero-order chi connectivity index (χ0) is 18.7. The SMILES string of the molecule is CC(C)Oc1ccc(C(=O)Nc2cc(Cl)c3c(c2)CNCC3)c(C#N)c1. The van der Waals surface area contributed by atoms with E-state index in [1.54, 1.807) is 24.3 Å². The van der Waals surface area contributed by atoms with Gasteiger partial charge in [-0.05, 0) is 68.3 Å². The Kier molecular flexibility index (Phi) is 5.46. The Hall–Kier alpha value is -2.55. The first kappa shape index (κ1) is 18.2. The van der Waals surface area contributed by atoms with Crippen molar-refractivity contribution in [1.82, 2.24) is 5.32 Å². The summed E-state index contributed by atoms with van der Waals surface area (Å²) < 4.78 is 5.58. The minimum atomic E-state index is -0.350. The summed E-state index contributed by atoms with van der Waals surface area (Å²) >= 11 is 6.36. The van der Waals surface area contributed by atoms with Gasteiger partial charge in [0.05, 0.1) is 17.2 Å². The molecule has 0 saturated heterocycles. The molecular weight excluding hydrogens is 350 g/mol. The van der Waals surface area contributed by atoms with Crippen LogP contribution < -0.4 is 15.4 Å². The number of anilines is 1. The van der Waals surface area contributed by atoms with Crippen molar-refractivity contribution >= 4 is 23.2 Å². The number of ether oxygens (including phenoxy) is 1. The monoisotopic (exact) mass is 369 g/mol. The largest absolute Gasteiger partial charge is 0.491 e. The summed E-state index contributed by atoms with van der Waals surface area (Å²) in [6.07, 6.45) is 0.866. The van der Waals surface area contributed by atoms with Crippen LogP contribution in [0.5, 0.6) is 5.75 Å². The number of benzene rings is 2.